The first-order chi connectivity index (χ1) is 10.2. The second kappa shape index (κ2) is 6.22. The number of aromatic nitrogens is 2. The van der Waals surface area contributed by atoms with E-state index in [1.807, 2.05) is 12.3 Å². The number of nitrogens with zero attached hydrogens (tertiary/aromatic N) is 3. The van der Waals surface area contributed by atoms with Crippen molar-refractivity contribution in [1.29, 1.82) is 0 Å². The van der Waals surface area contributed by atoms with Gasteiger partial charge in [-0.05, 0) is 44.4 Å². The summed E-state index contributed by atoms with van der Waals surface area (Å²) in [7, 11) is 0. The number of hydrogen-bond donors (Lipinski definition) is 1. The topological polar surface area (TPSA) is 58.1 Å². The minimum absolute atomic E-state index is 0.139. The van der Waals surface area contributed by atoms with Crippen molar-refractivity contribution in [1.82, 2.24) is 15.3 Å². The normalized spacial score (nSPS) is 21.7. The molecule has 0 atom stereocenters. The lowest BCUT2D eigenvalue weighted by molar-refractivity contribution is -0.126. The minimum Gasteiger partial charge on any atom is -0.352 e. The van der Waals surface area contributed by atoms with Crippen LogP contribution < -0.4 is 10.2 Å². The fourth-order valence-electron chi connectivity index (χ4n) is 3.02. The lowest BCUT2D eigenvalue weighted by Crippen LogP contribution is -2.54. The van der Waals surface area contributed by atoms with Gasteiger partial charge in [0, 0.05) is 31.5 Å². The van der Waals surface area contributed by atoms with Crippen molar-refractivity contribution in [2.75, 3.05) is 24.2 Å². The van der Waals surface area contributed by atoms with Gasteiger partial charge in [-0.3, -0.25) is 4.79 Å². The molecule has 0 unspecified atom stereocenters. The lowest BCUT2D eigenvalue weighted by Gasteiger charge is -2.41. The van der Waals surface area contributed by atoms with E-state index in [1.165, 1.54) is 6.42 Å². The molecule has 0 radical (unpaired) electrons. The number of thioether (sulfide) groups is 1. The molecule has 1 amide bonds. The predicted octanol–water partition coefficient (Wildman–Crippen LogP) is 1.85. The number of amides is 1. The summed E-state index contributed by atoms with van der Waals surface area (Å²) < 4.78 is -0.139. The average molecular weight is 306 g/mol. The van der Waals surface area contributed by atoms with Crippen molar-refractivity contribution in [2.45, 2.75) is 42.9 Å². The van der Waals surface area contributed by atoms with Crippen LogP contribution in [0.15, 0.2) is 18.5 Å². The van der Waals surface area contributed by atoms with Crippen LogP contribution in [0.2, 0.25) is 0 Å². The zero-order chi connectivity index (χ0) is 14.7. The SMILES string of the molecule is CSC1(C(=O)NC2CCN(c3ncccn3)CC2)CCC1. The molecule has 21 heavy (non-hydrogen) atoms. The van der Waals surface area contributed by atoms with E-state index in [2.05, 4.69) is 20.2 Å². The molecule has 1 aromatic rings. The Labute approximate surface area is 129 Å². The molecule has 2 heterocycles. The Kier molecular flexibility index (Phi) is 4.33. The second-order valence-electron chi connectivity index (χ2n) is 5.84. The standard InChI is InChI=1S/C15H22N4OS/c1-21-15(6-2-7-15)13(20)18-12-4-10-19(11-5-12)14-16-8-3-9-17-14/h3,8-9,12H,2,4-7,10-11H2,1H3,(H,18,20). The molecule has 114 valence electrons. The maximum absolute atomic E-state index is 12.4. The van der Waals surface area contributed by atoms with Gasteiger partial charge in [0.25, 0.3) is 0 Å². The highest BCUT2D eigenvalue weighted by molar-refractivity contribution is 8.00. The molecule has 1 aromatic heterocycles. The van der Waals surface area contributed by atoms with Crippen LogP contribution in [-0.4, -0.2) is 46.0 Å². The van der Waals surface area contributed by atoms with Crippen LogP contribution in [0.3, 0.4) is 0 Å². The number of piperidine rings is 1. The van der Waals surface area contributed by atoms with E-state index < -0.39 is 0 Å². The van der Waals surface area contributed by atoms with Gasteiger partial charge in [0.2, 0.25) is 11.9 Å². The van der Waals surface area contributed by atoms with E-state index in [1.54, 1.807) is 24.2 Å². The van der Waals surface area contributed by atoms with Gasteiger partial charge < -0.3 is 10.2 Å². The van der Waals surface area contributed by atoms with Gasteiger partial charge in [-0.25, -0.2) is 9.97 Å². The van der Waals surface area contributed by atoms with Gasteiger partial charge in [0.05, 0.1) is 4.75 Å². The molecule has 0 aromatic carbocycles. The second-order valence-corrected chi connectivity index (χ2v) is 7.03. The summed E-state index contributed by atoms with van der Waals surface area (Å²) in [6.07, 6.45) is 10.8. The number of carbonyl (C=O) groups excluding carboxylic acids is 1. The fourth-order valence-corrected chi connectivity index (χ4v) is 3.96. The van der Waals surface area contributed by atoms with Crippen molar-refractivity contribution in [3.8, 4) is 0 Å². The quantitative estimate of drug-likeness (QED) is 0.920. The molecule has 1 saturated heterocycles. The first-order valence-corrected chi connectivity index (χ1v) is 8.84. The van der Waals surface area contributed by atoms with E-state index >= 15 is 0 Å². The van der Waals surface area contributed by atoms with Crippen LogP contribution in [0.25, 0.3) is 0 Å². The maximum atomic E-state index is 12.4. The zero-order valence-corrected chi connectivity index (χ0v) is 13.2. The number of carbonyl (C=O) groups is 1. The Bertz CT molecular complexity index is 478. The molecular weight excluding hydrogens is 284 g/mol. The molecule has 1 aliphatic heterocycles. The Hall–Kier alpha value is -1.30. The zero-order valence-electron chi connectivity index (χ0n) is 12.4. The first-order valence-electron chi connectivity index (χ1n) is 7.62. The Morgan fingerprint density at radius 1 is 1.33 bits per heavy atom. The van der Waals surface area contributed by atoms with Crippen molar-refractivity contribution >= 4 is 23.6 Å². The Balaban J connectivity index is 1.51. The van der Waals surface area contributed by atoms with Gasteiger partial charge in [-0.15, -0.1) is 11.8 Å². The smallest absolute Gasteiger partial charge is 0.236 e. The van der Waals surface area contributed by atoms with E-state index in [9.17, 15) is 4.79 Å². The fraction of sp³-hybridized carbons (Fsp3) is 0.667. The summed E-state index contributed by atoms with van der Waals surface area (Å²) in [6.45, 7) is 1.81. The lowest BCUT2D eigenvalue weighted by atomic mass is 9.83. The summed E-state index contributed by atoms with van der Waals surface area (Å²) in [6, 6.07) is 2.12. The summed E-state index contributed by atoms with van der Waals surface area (Å²) >= 11 is 1.71. The van der Waals surface area contributed by atoms with Gasteiger partial charge in [0.1, 0.15) is 0 Å². The number of anilines is 1. The largest absolute Gasteiger partial charge is 0.352 e. The molecule has 1 N–H and O–H groups in total. The molecule has 1 aliphatic carbocycles. The molecular formula is C15H22N4OS. The predicted molar refractivity (Wildman–Crippen MR) is 85.5 cm³/mol. The highest BCUT2D eigenvalue weighted by Gasteiger charge is 2.44. The number of rotatable bonds is 4. The monoisotopic (exact) mass is 306 g/mol. The molecule has 5 nitrogen and oxygen atoms in total. The van der Waals surface area contributed by atoms with Crippen molar-refractivity contribution < 1.29 is 4.79 Å². The van der Waals surface area contributed by atoms with E-state index in [0.717, 1.165) is 44.7 Å². The van der Waals surface area contributed by atoms with Gasteiger partial charge >= 0.3 is 0 Å². The summed E-state index contributed by atoms with van der Waals surface area (Å²) in [5.41, 5.74) is 0. The first kappa shape index (κ1) is 14.6. The third-order valence-corrected chi connectivity index (χ3v) is 6.01. The summed E-state index contributed by atoms with van der Waals surface area (Å²) in [4.78, 5) is 23.2. The summed E-state index contributed by atoms with van der Waals surface area (Å²) in [5, 5.41) is 3.26. The van der Waals surface area contributed by atoms with Crippen molar-refractivity contribution in [3.63, 3.8) is 0 Å². The highest BCUT2D eigenvalue weighted by atomic mass is 32.2. The van der Waals surface area contributed by atoms with Crippen LogP contribution in [0, 0.1) is 0 Å². The molecule has 1 saturated carbocycles. The van der Waals surface area contributed by atoms with Crippen molar-refractivity contribution in [2.24, 2.45) is 0 Å². The van der Waals surface area contributed by atoms with E-state index in [-0.39, 0.29) is 10.7 Å². The van der Waals surface area contributed by atoms with Crippen LogP contribution in [-0.2, 0) is 4.79 Å². The van der Waals surface area contributed by atoms with Gasteiger partial charge in [-0.1, -0.05) is 0 Å². The van der Waals surface area contributed by atoms with Crippen molar-refractivity contribution in [3.05, 3.63) is 18.5 Å². The maximum Gasteiger partial charge on any atom is 0.236 e. The van der Waals surface area contributed by atoms with Crippen LogP contribution >= 0.6 is 11.8 Å². The Morgan fingerprint density at radius 3 is 2.52 bits per heavy atom. The minimum atomic E-state index is -0.139. The molecule has 2 fully saturated rings. The molecule has 3 rings (SSSR count). The van der Waals surface area contributed by atoms with Gasteiger partial charge in [-0.2, -0.15) is 0 Å². The van der Waals surface area contributed by atoms with E-state index in [0.29, 0.717) is 6.04 Å². The average Bonchev–Trinajstić information content (AvgIpc) is 2.48. The third-order valence-electron chi connectivity index (χ3n) is 4.63. The highest BCUT2D eigenvalue weighted by Crippen LogP contribution is 2.43. The number of hydrogen-bond acceptors (Lipinski definition) is 5. The number of nitrogens with one attached hydrogen (secondary N) is 1. The van der Waals surface area contributed by atoms with Crippen LogP contribution in [0.1, 0.15) is 32.1 Å². The van der Waals surface area contributed by atoms with Gasteiger partial charge in [0.15, 0.2) is 0 Å². The van der Waals surface area contributed by atoms with Crippen LogP contribution in [0.5, 0.6) is 0 Å². The molecule has 6 heteroatoms. The molecule has 2 aliphatic rings. The Morgan fingerprint density at radius 2 is 2.00 bits per heavy atom. The van der Waals surface area contributed by atoms with Crippen LogP contribution in [0.4, 0.5) is 5.95 Å². The third kappa shape index (κ3) is 3.00. The van der Waals surface area contributed by atoms with E-state index in [4.69, 9.17) is 0 Å². The summed E-state index contributed by atoms with van der Waals surface area (Å²) in [5.74, 6) is 1.04. The molecule has 0 spiro atoms. The molecule has 0 bridgehead atoms.